The van der Waals surface area contributed by atoms with E-state index in [0.717, 1.165) is 0 Å². The zero-order chi connectivity index (χ0) is 18.5. The maximum atomic E-state index is 12.6. The first-order valence-corrected chi connectivity index (χ1v) is 9.01. The number of amides is 1. The Morgan fingerprint density at radius 1 is 1.15 bits per heavy atom. The number of aryl methyl sites for hydroxylation is 1. The summed E-state index contributed by atoms with van der Waals surface area (Å²) in [4.78, 5) is 22.9. The molecule has 0 saturated carbocycles. The SMILES string of the molecule is Cn1c(=O)oc2ccc(S(=O)(=O)Nc3ccc4c(c3)NC(=O)CO4)cc21. The maximum absolute atomic E-state index is 12.6. The molecular weight excluding hydrogens is 362 g/mol. The molecule has 0 fully saturated rings. The maximum Gasteiger partial charge on any atom is 0.419 e. The van der Waals surface area contributed by atoms with Crippen LogP contribution in [0.4, 0.5) is 11.4 Å². The van der Waals surface area contributed by atoms with Gasteiger partial charge >= 0.3 is 5.76 Å². The standard InChI is InChI=1S/C16H13N3O6S/c1-19-12-7-10(3-5-14(12)25-16(19)21)26(22,23)18-9-2-4-13-11(6-9)17-15(20)8-24-13/h2-7,18H,8H2,1H3,(H,17,20). The lowest BCUT2D eigenvalue weighted by Crippen LogP contribution is -2.25. The minimum atomic E-state index is -3.91. The first kappa shape index (κ1) is 16.2. The summed E-state index contributed by atoms with van der Waals surface area (Å²) >= 11 is 0. The van der Waals surface area contributed by atoms with Crippen LogP contribution in [0.15, 0.2) is 50.5 Å². The van der Waals surface area contributed by atoms with Gasteiger partial charge in [-0.3, -0.25) is 14.1 Å². The Balaban J connectivity index is 1.69. The zero-order valence-corrected chi connectivity index (χ0v) is 14.3. The molecule has 26 heavy (non-hydrogen) atoms. The van der Waals surface area contributed by atoms with E-state index >= 15 is 0 Å². The number of carbonyl (C=O) groups is 1. The second-order valence-electron chi connectivity index (χ2n) is 5.71. The minimum Gasteiger partial charge on any atom is -0.482 e. The van der Waals surface area contributed by atoms with Crippen molar-refractivity contribution in [2.24, 2.45) is 7.05 Å². The zero-order valence-electron chi connectivity index (χ0n) is 13.5. The summed E-state index contributed by atoms with van der Waals surface area (Å²) in [5.41, 5.74) is 1.30. The molecule has 2 heterocycles. The predicted octanol–water partition coefficient (Wildman–Crippen LogP) is 1.26. The third-order valence-electron chi connectivity index (χ3n) is 3.94. The average molecular weight is 375 g/mol. The highest BCUT2D eigenvalue weighted by Gasteiger charge is 2.20. The van der Waals surface area contributed by atoms with Crippen molar-refractivity contribution in [2.45, 2.75) is 4.90 Å². The third kappa shape index (κ3) is 2.69. The topological polar surface area (TPSA) is 120 Å². The molecule has 0 unspecified atom stereocenters. The molecule has 0 atom stereocenters. The van der Waals surface area contributed by atoms with E-state index in [0.29, 0.717) is 22.5 Å². The summed E-state index contributed by atoms with van der Waals surface area (Å²) in [5.74, 6) is -0.431. The first-order chi connectivity index (χ1) is 12.3. The smallest absolute Gasteiger partial charge is 0.419 e. The number of carbonyl (C=O) groups excluding carboxylic acids is 1. The summed E-state index contributed by atoms with van der Waals surface area (Å²) < 4.78 is 39.2. The van der Waals surface area contributed by atoms with Gasteiger partial charge < -0.3 is 14.5 Å². The normalized spacial score (nSPS) is 13.8. The Bertz CT molecular complexity index is 1210. The van der Waals surface area contributed by atoms with Gasteiger partial charge in [-0.05, 0) is 36.4 Å². The predicted molar refractivity (Wildman–Crippen MR) is 92.8 cm³/mol. The Morgan fingerprint density at radius 3 is 2.77 bits per heavy atom. The van der Waals surface area contributed by atoms with Gasteiger partial charge in [0.25, 0.3) is 15.9 Å². The van der Waals surface area contributed by atoms with Crippen LogP contribution in [0.25, 0.3) is 11.1 Å². The van der Waals surface area contributed by atoms with Crippen molar-refractivity contribution >= 4 is 38.4 Å². The molecule has 2 N–H and O–H groups in total. The van der Waals surface area contributed by atoms with E-state index in [4.69, 9.17) is 9.15 Å². The molecule has 0 aliphatic carbocycles. The van der Waals surface area contributed by atoms with Gasteiger partial charge in [-0.1, -0.05) is 0 Å². The Kier molecular flexibility index (Phi) is 3.51. The molecule has 10 heteroatoms. The number of hydrogen-bond acceptors (Lipinski definition) is 6. The van der Waals surface area contributed by atoms with E-state index in [1.165, 1.54) is 41.9 Å². The fourth-order valence-corrected chi connectivity index (χ4v) is 3.70. The van der Waals surface area contributed by atoms with E-state index in [1.807, 2.05) is 0 Å². The number of sulfonamides is 1. The van der Waals surface area contributed by atoms with Gasteiger partial charge in [-0.2, -0.15) is 0 Å². The fraction of sp³-hybridized carbons (Fsp3) is 0.125. The van der Waals surface area contributed by atoms with Crippen LogP contribution in [-0.4, -0.2) is 25.5 Å². The van der Waals surface area contributed by atoms with Crippen LogP contribution in [-0.2, 0) is 21.9 Å². The monoisotopic (exact) mass is 375 g/mol. The minimum absolute atomic E-state index is 0.0283. The molecule has 0 bridgehead atoms. The third-order valence-corrected chi connectivity index (χ3v) is 5.32. The number of oxazole rings is 1. The Labute approximate surface area is 147 Å². The lowest BCUT2D eigenvalue weighted by atomic mass is 10.2. The van der Waals surface area contributed by atoms with Gasteiger partial charge in [0.15, 0.2) is 12.2 Å². The van der Waals surface area contributed by atoms with Gasteiger partial charge in [0, 0.05) is 7.05 Å². The second kappa shape index (κ2) is 5.63. The number of fused-ring (bicyclic) bond motifs is 2. The molecule has 4 rings (SSSR count). The van der Waals surface area contributed by atoms with Crippen LogP contribution in [0.2, 0.25) is 0 Å². The van der Waals surface area contributed by atoms with Crippen molar-refractivity contribution in [1.29, 1.82) is 0 Å². The lowest BCUT2D eigenvalue weighted by Gasteiger charge is -2.18. The van der Waals surface area contributed by atoms with Gasteiger partial charge in [0.05, 0.1) is 21.8 Å². The second-order valence-corrected chi connectivity index (χ2v) is 7.39. The lowest BCUT2D eigenvalue weighted by molar-refractivity contribution is -0.118. The van der Waals surface area contributed by atoms with Gasteiger partial charge in [-0.25, -0.2) is 13.2 Å². The van der Waals surface area contributed by atoms with E-state index in [2.05, 4.69) is 10.0 Å². The molecule has 0 radical (unpaired) electrons. The molecule has 134 valence electrons. The van der Waals surface area contributed by atoms with Crippen LogP contribution in [0, 0.1) is 0 Å². The summed E-state index contributed by atoms with van der Waals surface area (Å²) in [6, 6.07) is 8.68. The van der Waals surface area contributed by atoms with Crippen molar-refractivity contribution in [2.75, 3.05) is 16.6 Å². The van der Waals surface area contributed by atoms with Gasteiger partial charge in [0.1, 0.15) is 5.75 Å². The number of nitrogens with zero attached hydrogens (tertiary/aromatic N) is 1. The van der Waals surface area contributed by atoms with Gasteiger partial charge in [-0.15, -0.1) is 0 Å². The number of aromatic nitrogens is 1. The number of ether oxygens (including phenoxy) is 1. The molecule has 1 aromatic heterocycles. The van der Waals surface area contributed by atoms with E-state index in [1.54, 1.807) is 6.07 Å². The highest BCUT2D eigenvalue weighted by Crippen LogP contribution is 2.31. The number of rotatable bonds is 3. The molecule has 1 amide bonds. The van der Waals surface area contributed by atoms with Crippen LogP contribution in [0.1, 0.15) is 0 Å². The average Bonchev–Trinajstić information content (AvgIpc) is 2.88. The molecule has 0 saturated heterocycles. The van der Waals surface area contributed by atoms with Crippen molar-refractivity contribution in [3.05, 3.63) is 46.9 Å². The number of hydrogen-bond donors (Lipinski definition) is 2. The van der Waals surface area contributed by atoms with Crippen LogP contribution >= 0.6 is 0 Å². The van der Waals surface area contributed by atoms with E-state index < -0.39 is 15.8 Å². The quantitative estimate of drug-likeness (QED) is 0.711. The van der Waals surface area contributed by atoms with Crippen LogP contribution < -0.4 is 20.5 Å². The molecular formula is C16H13N3O6S. The molecule has 9 nitrogen and oxygen atoms in total. The summed E-state index contributed by atoms with van der Waals surface area (Å²) in [6.45, 7) is -0.0818. The molecule has 2 aromatic carbocycles. The largest absolute Gasteiger partial charge is 0.482 e. The van der Waals surface area contributed by atoms with E-state index in [9.17, 15) is 18.0 Å². The highest BCUT2D eigenvalue weighted by molar-refractivity contribution is 7.92. The highest BCUT2D eigenvalue weighted by atomic mass is 32.2. The van der Waals surface area contributed by atoms with Crippen LogP contribution in [0.3, 0.4) is 0 Å². The Morgan fingerprint density at radius 2 is 1.96 bits per heavy atom. The number of benzene rings is 2. The first-order valence-electron chi connectivity index (χ1n) is 7.52. The Hall–Kier alpha value is -3.27. The number of anilines is 2. The van der Waals surface area contributed by atoms with Gasteiger partial charge in [0.2, 0.25) is 0 Å². The molecule has 0 spiro atoms. The van der Waals surface area contributed by atoms with Crippen LogP contribution in [0.5, 0.6) is 5.75 Å². The summed E-state index contributed by atoms with van der Waals surface area (Å²) in [5, 5.41) is 2.61. The molecule has 1 aliphatic rings. The summed E-state index contributed by atoms with van der Waals surface area (Å²) in [7, 11) is -2.42. The van der Waals surface area contributed by atoms with Crippen molar-refractivity contribution in [3.63, 3.8) is 0 Å². The number of nitrogens with one attached hydrogen (secondary N) is 2. The molecule has 3 aromatic rings. The van der Waals surface area contributed by atoms with Crippen molar-refractivity contribution in [3.8, 4) is 5.75 Å². The van der Waals surface area contributed by atoms with Crippen molar-refractivity contribution in [1.82, 2.24) is 4.57 Å². The van der Waals surface area contributed by atoms with E-state index in [-0.39, 0.29) is 23.1 Å². The molecule has 1 aliphatic heterocycles. The van der Waals surface area contributed by atoms with Crippen molar-refractivity contribution < 1.29 is 22.4 Å². The fourth-order valence-electron chi connectivity index (χ4n) is 2.63. The summed E-state index contributed by atoms with van der Waals surface area (Å²) in [6.07, 6.45) is 0.